The molecule has 2 heterocycles. The Labute approximate surface area is 240 Å². The van der Waals surface area contributed by atoms with Crippen LogP contribution < -0.4 is 10.1 Å². The molecule has 2 aromatic heterocycles. The van der Waals surface area contributed by atoms with Crippen molar-refractivity contribution in [3.05, 3.63) is 83.9 Å². The van der Waals surface area contributed by atoms with E-state index in [0.717, 1.165) is 70.7 Å². The monoisotopic (exact) mass is 550 g/mol. The molecule has 3 N–H and O–H groups in total. The van der Waals surface area contributed by atoms with Gasteiger partial charge in [0.1, 0.15) is 17.4 Å². The van der Waals surface area contributed by atoms with Crippen LogP contribution in [0.2, 0.25) is 0 Å². The molecule has 5 rings (SSSR count). The van der Waals surface area contributed by atoms with E-state index in [0.29, 0.717) is 18.6 Å². The first-order chi connectivity index (χ1) is 19.9. The Bertz CT molecular complexity index is 1670. The van der Waals surface area contributed by atoms with E-state index in [9.17, 15) is 9.59 Å². The molecular weight excluding hydrogens is 512 g/mol. The molecular formula is C34H38N4O3. The molecule has 7 heteroatoms. The Hall–Kier alpha value is -4.39. The molecule has 0 unspecified atom stereocenters. The molecule has 7 nitrogen and oxygen atoms in total. The number of ketones is 1. The van der Waals surface area contributed by atoms with Gasteiger partial charge in [-0.05, 0) is 60.4 Å². The van der Waals surface area contributed by atoms with Gasteiger partial charge in [0.25, 0.3) is 0 Å². The lowest BCUT2D eigenvalue weighted by Gasteiger charge is -2.17. The van der Waals surface area contributed by atoms with Crippen molar-refractivity contribution in [2.24, 2.45) is 0 Å². The number of unbranched alkanes of at least 4 members (excludes halogenated alkanes) is 2. The fraction of sp³-hybridized carbons (Fsp3) is 0.324. The maximum atomic E-state index is 13.4. The highest BCUT2D eigenvalue weighted by Crippen LogP contribution is 2.28. The number of aromatic amines is 2. The van der Waals surface area contributed by atoms with E-state index in [1.165, 1.54) is 10.8 Å². The average molecular weight is 551 g/mol. The summed E-state index contributed by atoms with van der Waals surface area (Å²) >= 11 is 0. The first-order valence-electron chi connectivity index (χ1n) is 14.5. The standard InChI is InChI=1S/C34H38N4O3/c1-4-26(39)12-6-5-7-13-31(34-35-21-32(38-34)25-15-14-23-10-8-9-11-24(23)18-25)37-33(40)20-28-22(2)36-30-17-16-27(41-3)19-29(28)30/h8-11,14-19,21,31,36H,4-7,12-13,20H2,1-3H3,(H,35,38)(H,37,40)/t31-/m0/s1. The van der Waals surface area contributed by atoms with E-state index < -0.39 is 0 Å². The van der Waals surface area contributed by atoms with E-state index in [-0.39, 0.29) is 18.4 Å². The Morgan fingerprint density at radius 2 is 1.80 bits per heavy atom. The van der Waals surface area contributed by atoms with Gasteiger partial charge in [0.05, 0.1) is 31.5 Å². The van der Waals surface area contributed by atoms with E-state index in [1.807, 2.05) is 50.4 Å². The summed E-state index contributed by atoms with van der Waals surface area (Å²) in [5, 5.41) is 6.60. The zero-order valence-corrected chi connectivity index (χ0v) is 24.0. The van der Waals surface area contributed by atoms with Crippen molar-refractivity contribution in [3.63, 3.8) is 0 Å². The molecule has 0 saturated carbocycles. The van der Waals surface area contributed by atoms with Crippen LogP contribution in [0.4, 0.5) is 0 Å². The van der Waals surface area contributed by atoms with Crippen molar-refractivity contribution in [1.29, 1.82) is 0 Å². The highest BCUT2D eigenvalue weighted by molar-refractivity contribution is 5.91. The van der Waals surface area contributed by atoms with Crippen LogP contribution in [0.3, 0.4) is 0 Å². The number of carbonyl (C=O) groups excluding carboxylic acids is 2. The van der Waals surface area contributed by atoms with Crippen LogP contribution in [-0.2, 0) is 16.0 Å². The van der Waals surface area contributed by atoms with Crippen molar-refractivity contribution in [3.8, 4) is 17.0 Å². The van der Waals surface area contributed by atoms with Gasteiger partial charge in [-0.25, -0.2) is 4.98 Å². The highest BCUT2D eigenvalue weighted by Gasteiger charge is 2.20. The summed E-state index contributed by atoms with van der Waals surface area (Å²) in [5.41, 5.74) is 4.88. The number of hydrogen-bond acceptors (Lipinski definition) is 4. The van der Waals surface area contributed by atoms with Gasteiger partial charge >= 0.3 is 0 Å². The molecule has 41 heavy (non-hydrogen) atoms. The van der Waals surface area contributed by atoms with Crippen LogP contribution in [0.1, 0.15) is 68.6 Å². The van der Waals surface area contributed by atoms with Crippen molar-refractivity contribution in [1.82, 2.24) is 20.3 Å². The Morgan fingerprint density at radius 3 is 2.61 bits per heavy atom. The lowest BCUT2D eigenvalue weighted by atomic mass is 10.0. The maximum absolute atomic E-state index is 13.4. The smallest absolute Gasteiger partial charge is 0.225 e. The molecule has 1 amide bonds. The number of nitrogens with one attached hydrogen (secondary N) is 3. The fourth-order valence-corrected chi connectivity index (χ4v) is 5.44. The minimum absolute atomic E-state index is 0.0633. The normalized spacial score (nSPS) is 12.1. The Balaban J connectivity index is 1.34. The minimum Gasteiger partial charge on any atom is -0.497 e. The van der Waals surface area contributed by atoms with E-state index in [2.05, 4.69) is 45.6 Å². The van der Waals surface area contributed by atoms with Gasteiger partial charge < -0.3 is 20.0 Å². The van der Waals surface area contributed by atoms with Crippen LogP contribution in [-0.4, -0.2) is 33.8 Å². The van der Waals surface area contributed by atoms with E-state index in [1.54, 1.807) is 7.11 Å². The summed E-state index contributed by atoms with van der Waals surface area (Å²) in [6.07, 6.45) is 6.70. The van der Waals surface area contributed by atoms with Crippen LogP contribution in [0.5, 0.6) is 5.75 Å². The number of carbonyl (C=O) groups is 2. The molecule has 5 aromatic rings. The molecule has 0 bridgehead atoms. The first-order valence-corrected chi connectivity index (χ1v) is 14.5. The number of H-pyrrole nitrogens is 2. The summed E-state index contributed by atoms with van der Waals surface area (Å²) in [5.74, 6) is 1.73. The summed E-state index contributed by atoms with van der Waals surface area (Å²) in [7, 11) is 1.64. The highest BCUT2D eigenvalue weighted by atomic mass is 16.5. The fourth-order valence-electron chi connectivity index (χ4n) is 5.44. The molecule has 0 fully saturated rings. The largest absolute Gasteiger partial charge is 0.497 e. The van der Waals surface area contributed by atoms with Crippen molar-refractivity contribution in [2.45, 2.75) is 64.8 Å². The number of amides is 1. The number of rotatable bonds is 13. The zero-order valence-electron chi connectivity index (χ0n) is 24.0. The predicted octanol–water partition coefficient (Wildman–Crippen LogP) is 7.36. The number of aryl methyl sites for hydroxylation is 1. The number of Topliss-reactive ketones (excluding diaryl/α,β-unsaturated/α-hetero) is 1. The van der Waals surface area contributed by atoms with Crippen LogP contribution >= 0.6 is 0 Å². The third kappa shape index (κ3) is 6.68. The average Bonchev–Trinajstić information content (AvgIpc) is 3.60. The molecule has 0 saturated heterocycles. The van der Waals surface area contributed by atoms with E-state index in [4.69, 9.17) is 9.72 Å². The quantitative estimate of drug-likeness (QED) is 0.133. The minimum atomic E-state index is -0.265. The summed E-state index contributed by atoms with van der Waals surface area (Å²) in [4.78, 5) is 36.7. The topological polar surface area (TPSA) is 99.9 Å². The molecule has 3 aromatic carbocycles. The van der Waals surface area contributed by atoms with Crippen LogP contribution in [0, 0.1) is 6.92 Å². The second-order valence-corrected chi connectivity index (χ2v) is 10.7. The van der Waals surface area contributed by atoms with Gasteiger partial charge in [0.15, 0.2) is 0 Å². The van der Waals surface area contributed by atoms with Crippen molar-refractivity contribution < 1.29 is 14.3 Å². The summed E-state index contributed by atoms with van der Waals surface area (Å²) < 4.78 is 5.41. The number of imidazole rings is 1. The third-order valence-electron chi connectivity index (χ3n) is 7.83. The number of aromatic nitrogens is 3. The predicted molar refractivity (Wildman–Crippen MR) is 164 cm³/mol. The van der Waals surface area contributed by atoms with Gasteiger partial charge in [-0.2, -0.15) is 0 Å². The first kappa shape index (κ1) is 28.1. The Morgan fingerprint density at radius 1 is 0.976 bits per heavy atom. The third-order valence-corrected chi connectivity index (χ3v) is 7.83. The van der Waals surface area contributed by atoms with Gasteiger partial charge in [-0.1, -0.05) is 56.2 Å². The summed E-state index contributed by atoms with van der Waals surface area (Å²) in [6, 6.07) is 20.2. The SMILES string of the molecule is CCC(=O)CCCCC[C@H](NC(=O)Cc1c(C)[nH]c2ccc(OC)cc12)c1ncc(-c2ccc3ccccc3c2)[nH]1. The lowest BCUT2D eigenvalue weighted by Crippen LogP contribution is -2.30. The maximum Gasteiger partial charge on any atom is 0.225 e. The van der Waals surface area contributed by atoms with Crippen molar-refractivity contribution in [2.75, 3.05) is 7.11 Å². The number of methoxy groups -OCH3 is 1. The van der Waals surface area contributed by atoms with Gasteiger partial charge in [0.2, 0.25) is 5.91 Å². The van der Waals surface area contributed by atoms with Gasteiger partial charge in [-0.3, -0.25) is 9.59 Å². The molecule has 0 aliphatic carbocycles. The number of fused-ring (bicyclic) bond motifs is 2. The number of ether oxygens (including phenoxy) is 1. The molecule has 212 valence electrons. The van der Waals surface area contributed by atoms with Crippen LogP contribution in [0.25, 0.3) is 32.9 Å². The van der Waals surface area contributed by atoms with E-state index >= 15 is 0 Å². The lowest BCUT2D eigenvalue weighted by molar-refractivity contribution is -0.121. The molecule has 1 atom stereocenters. The zero-order chi connectivity index (χ0) is 28.8. The van der Waals surface area contributed by atoms with Crippen molar-refractivity contribution >= 4 is 33.4 Å². The summed E-state index contributed by atoms with van der Waals surface area (Å²) in [6.45, 7) is 3.90. The number of benzene rings is 3. The molecule has 0 spiro atoms. The second-order valence-electron chi connectivity index (χ2n) is 10.7. The molecule has 0 aliphatic rings. The van der Waals surface area contributed by atoms with Gasteiger partial charge in [-0.15, -0.1) is 0 Å². The second kappa shape index (κ2) is 12.9. The van der Waals surface area contributed by atoms with Gasteiger partial charge in [0, 0.05) is 35.0 Å². The molecule has 0 radical (unpaired) electrons. The number of nitrogens with zero attached hydrogens (tertiary/aromatic N) is 1. The number of hydrogen-bond donors (Lipinski definition) is 3. The molecule has 0 aliphatic heterocycles. The van der Waals surface area contributed by atoms with Crippen LogP contribution in [0.15, 0.2) is 66.9 Å². The Kier molecular flexibility index (Phi) is 8.82.